The summed E-state index contributed by atoms with van der Waals surface area (Å²) in [5.74, 6) is -0.617. The van der Waals surface area contributed by atoms with E-state index in [0.29, 0.717) is 29.2 Å². The van der Waals surface area contributed by atoms with E-state index in [-0.39, 0.29) is 24.5 Å². The number of amides is 1. The molecule has 7 nitrogen and oxygen atoms in total. The van der Waals surface area contributed by atoms with Crippen LogP contribution in [0.15, 0.2) is 42.0 Å². The SMILES string of the molecule is CCOc1cccc(C2/C(=C(\O)c3cc(C)cc(C)c3OC)C(=O)C(=O)N2CCOC)c1. The van der Waals surface area contributed by atoms with Gasteiger partial charge < -0.3 is 24.2 Å². The number of carbonyl (C=O) groups excluding carboxylic acids is 2. The topological polar surface area (TPSA) is 85.3 Å². The number of aliphatic hydroxyl groups is 1. The molecule has 1 unspecified atom stereocenters. The van der Waals surface area contributed by atoms with Crippen LogP contribution in [0.1, 0.15) is 35.2 Å². The Labute approximate surface area is 188 Å². The summed E-state index contributed by atoms with van der Waals surface area (Å²) in [5, 5.41) is 11.4. The van der Waals surface area contributed by atoms with Gasteiger partial charge in [-0.05, 0) is 55.7 Å². The number of Topliss-reactive ketones (excluding diaryl/α,β-unsaturated/α-hetero) is 1. The quantitative estimate of drug-likeness (QED) is 0.383. The van der Waals surface area contributed by atoms with Crippen molar-refractivity contribution in [2.45, 2.75) is 26.8 Å². The van der Waals surface area contributed by atoms with Gasteiger partial charge >= 0.3 is 0 Å². The highest BCUT2D eigenvalue weighted by molar-refractivity contribution is 6.46. The number of hydrogen-bond acceptors (Lipinski definition) is 6. The highest BCUT2D eigenvalue weighted by Gasteiger charge is 2.46. The van der Waals surface area contributed by atoms with Crippen LogP contribution in [0, 0.1) is 13.8 Å². The number of methoxy groups -OCH3 is 2. The Morgan fingerprint density at radius 3 is 2.53 bits per heavy atom. The van der Waals surface area contributed by atoms with Crippen molar-refractivity contribution in [3.63, 3.8) is 0 Å². The Balaban J connectivity index is 2.25. The van der Waals surface area contributed by atoms with Crippen LogP contribution >= 0.6 is 0 Å². The summed E-state index contributed by atoms with van der Waals surface area (Å²) in [5.41, 5.74) is 2.77. The van der Waals surface area contributed by atoms with E-state index in [1.807, 2.05) is 32.9 Å². The number of likely N-dealkylation sites (tertiary alicyclic amines) is 1. The molecule has 2 aromatic rings. The molecule has 3 rings (SSSR count). The molecule has 1 aliphatic heterocycles. The Kier molecular flexibility index (Phi) is 7.20. The highest BCUT2D eigenvalue weighted by atomic mass is 16.5. The van der Waals surface area contributed by atoms with Crippen molar-refractivity contribution < 1.29 is 28.9 Å². The van der Waals surface area contributed by atoms with Crippen molar-refractivity contribution in [1.82, 2.24) is 4.90 Å². The molecule has 1 aliphatic rings. The lowest BCUT2D eigenvalue weighted by Gasteiger charge is -2.25. The number of hydrogen-bond donors (Lipinski definition) is 1. The van der Waals surface area contributed by atoms with Crippen LogP contribution in [0.5, 0.6) is 11.5 Å². The monoisotopic (exact) mass is 439 g/mol. The van der Waals surface area contributed by atoms with Gasteiger partial charge in [0.2, 0.25) is 0 Å². The summed E-state index contributed by atoms with van der Waals surface area (Å²) in [6.45, 7) is 6.57. The van der Waals surface area contributed by atoms with E-state index in [4.69, 9.17) is 14.2 Å². The van der Waals surface area contributed by atoms with Gasteiger partial charge in [0.15, 0.2) is 0 Å². The van der Waals surface area contributed by atoms with Crippen LogP contribution in [0.3, 0.4) is 0 Å². The minimum atomic E-state index is -0.781. The van der Waals surface area contributed by atoms with Crippen molar-refractivity contribution in [2.75, 3.05) is 34.0 Å². The number of rotatable bonds is 8. The molecule has 0 saturated carbocycles. The van der Waals surface area contributed by atoms with E-state index in [1.54, 1.807) is 24.3 Å². The number of nitrogens with zero attached hydrogens (tertiary/aromatic N) is 1. The standard InChI is InChI=1S/C25H29NO6/c1-6-32-18-9-7-8-17(14-18)21-20(23(28)25(29)26(21)10-11-30-4)22(27)19-13-15(2)12-16(3)24(19)31-5/h7-9,12-14,21,27H,6,10-11H2,1-5H3/b22-20+. The second-order valence-electron chi connectivity index (χ2n) is 7.65. The molecule has 0 bridgehead atoms. The molecule has 0 radical (unpaired) electrons. The molecule has 7 heteroatoms. The molecule has 2 aromatic carbocycles. The molecule has 32 heavy (non-hydrogen) atoms. The maximum absolute atomic E-state index is 13.1. The fraction of sp³-hybridized carbons (Fsp3) is 0.360. The number of carbonyl (C=O) groups is 2. The van der Waals surface area contributed by atoms with Crippen LogP contribution in [-0.2, 0) is 14.3 Å². The zero-order chi connectivity index (χ0) is 23.4. The third kappa shape index (κ3) is 4.34. The lowest BCUT2D eigenvalue weighted by molar-refractivity contribution is -0.140. The van der Waals surface area contributed by atoms with Crippen molar-refractivity contribution in [2.24, 2.45) is 0 Å². The molecule has 1 amide bonds. The first-order valence-electron chi connectivity index (χ1n) is 10.5. The molecular weight excluding hydrogens is 410 g/mol. The minimum absolute atomic E-state index is 0.0167. The molecule has 1 N–H and O–H groups in total. The third-order valence-corrected chi connectivity index (χ3v) is 5.44. The average molecular weight is 440 g/mol. The van der Waals surface area contributed by atoms with Gasteiger partial charge in [-0.3, -0.25) is 9.59 Å². The molecular formula is C25H29NO6. The zero-order valence-corrected chi connectivity index (χ0v) is 19.1. The smallest absolute Gasteiger partial charge is 0.295 e. The molecule has 0 aliphatic carbocycles. The third-order valence-electron chi connectivity index (χ3n) is 5.44. The first-order chi connectivity index (χ1) is 15.3. The largest absolute Gasteiger partial charge is 0.507 e. The number of aliphatic hydroxyl groups excluding tert-OH is 1. The van der Waals surface area contributed by atoms with Crippen molar-refractivity contribution in [1.29, 1.82) is 0 Å². The Morgan fingerprint density at radius 2 is 1.88 bits per heavy atom. The predicted octanol–water partition coefficient (Wildman–Crippen LogP) is 3.78. The highest BCUT2D eigenvalue weighted by Crippen LogP contribution is 2.42. The van der Waals surface area contributed by atoms with Gasteiger partial charge in [0.25, 0.3) is 11.7 Å². The van der Waals surface area contributed by atoms with Gasteiger partial charge in [-0.1, -0.05) is 18.2 Å². The van der Waals surface area contributed by atoms with Gasteiger partial charge in [-0.25, -0.2) is 0 Å². The van der Waals surface area contributed by atoms with Crippen LogP contribution in [0.4, 0.5) is 0 Å². The molecule has 0 spiro atoms. The van der Waals surface area contributed by atoms with Crippen molar-refractivity contribution in [3.05, 3.63) is 64.2 Å². The van der Waals surface area contributed by atoms with Crippen LogP contribution in [-0.4, -0.2) is 55.7 Å². The van der Waals surface area contributed by atoms with Crippen LogP contribution in [0.25, 0.3) is 5.76 Å². The zero-order valence-electron chi connectivity index (χ0n) is 19.1. The van der Waals surface area contributed by atoms with Gasteiger partial charge in [0.05, 0.1) is 37.5 Å². The minimum Gasteiger partial charge on any atom is -0.507 e. The fourth-order valence-corrected chi connectivity index (χ4v) is 4.13. The van der Waals surface area contributed by atoms with Gasteiger partial charge in [-0.2, -0.15) is 0 Å². The fourth-order valence-electron chi connectivity index (χ4n) is 4.13. The summed E-state index contributed by atoms with van der Waals surface area (Å²) < 4.78 is 16.3. The lowest BCUT2D eigenvalue weighted by Crippen LogP contribution is -2.32. The lowest BCUT2D eigenvalue weighted by atomic mass is 9.93. The van der Waals surface area contributed by atoms with Crippen LogP contribution in [0.2, 0.25) is 0 Å². The normalized spacial score (nSPS) is 17.7. The second kappa shape index (κ2) is 9.87. The van der Waals surface area contributed by atoms with Gasteiger partial charge in [-0.15, -0.1) is 0 Å². The summed E-state index contributed by atoms with van der Waals surface area (Å²) in [6, 6.07) is 10.1. The summed E-state index contributed by atoms with van der Waals surface area (Å²) in [7, 11) is 3.04. The molecule has 1 fully saturated rings. The maximum Gasteiger partial charge on any atom is 0.295 e. The van der Waals surface area contributed by atoms with E-state index in [9.17, 15) is 14.7 Å². The van der Waals surface area contributed by atoms with E-state index in [1.165, 1.54) is 19.1 Å². The maximum atomic E-state index is 13.1. The Hall–Kier alpha value is -3.32. The molecule has 170 valence electrons. The van der Waals surface area contributed by atoms with E-state index in [2.05, 4.69) is 0 Å². The number of benzene rings is 2. The predicted molar refractivity (Wildman–Crippen MR) is 121 cm³/mol. The van der Waals surface area contributed by atoms with Crippen molar-refractivity contribution in [3.8, 4) is 11.5 Å². The second-order valence-corrected chi connectivity index (χ2v) is 7.65. The van der Waals surface area contributed by atoms with Crippen molar-refractivity contribution >= 4 is 17.4 Å². The van der Waals surface area contributed by atoms with Gasteiger partial charge in [0, 0.05) is 13.7 Å². The molecule has 0 aromatic heterocycles. The molecule has 1 saturated heterocycles. The first-order valence-corrected chi connectivity index (χ1v) is 10.5. The van der Waals surface area contributed by atoms with E-state index in [0.717, 1.165) is 11.1 Å². The summed E-state index contributed by atoms with van der Waals surface area (Å²) in [4.78, 5) is 27.5. The van der Waals surface area contributed by atoms with E-state index >= 15 is 0 Å². The molecule has 1 heterocycles. The van der Waals surface area contributed by atoms with Gasteiger partial charge in [0.1, 0.15) is 17.3 Å². The first kappa shape index (κ1) is 23.3. The summed E-state index contributed by atoms with van der Waals surface area (Å²) in [6.07, 6.45) is 0. The molecule has 1 atom stereocenters. The number of ether oxygens (including phenoxy) is 3. The van der Waals surface area contributed by atoms with E-state index < -0.39 is 17.7 Å². The van der Waals surface area contributed by atoms with Crippen LogP contribution < -0.4 is 9.47 Å². The summed E-state index contributed by atoms with van der Waals surface area (Å²) >= 11 is 0. The number of aryl methyl sites for hydroxylation is 2. The Morgan fingerprint density at radius 1 is 1.12 bits per heavy atom. The average Bonchev–Trinajstić information content (AvgIpc) is 3.02. The number of ketones is 1. The Bertz CT molecular complexity index is 1060.